The number of rotatable bonds is 6. The number of anilines is 2. The van der Waals surface area contributed by atoms with Crippen molar-refractivity contribution in [1.82, 2.24) is 14.5 Å². The molecule has 36 heavy (non-hydrogen) atoms. The van der Waals surface area contributed by atoms with Gasteiger partial charge in [-0.1, -0.05) is 12.1 Å². The third-order valence-corrected chi connectivity index (χ3v) is 8.71. The molecule has 11 heteroatoms. The van der Waals surface area contributed by atoms with E-state index in [4.69, 9.17) is 0 Å². The fourth-order valence-corrected chi connectivity index (χ4v) is 6.45. The highest BCUT2D eigenvalue weighted by molar-refractivity contribution is 7.93. The first-order chi connectivity index (χ1) is 17.2. The molecule has 2 aromatic carbocycles. The Morgan fingerprint density at radius 2 is 1.94 bits per heavy atom. The van der Waals surface area contributed by atoms with Crippen LogP contribution in [0.3, 0.4) is 0 Å². The first kappa shape index (κ1) is 24.3. The molecule has 1 saturated heterocycles. The van der Waals surface area contributed by atoms with E-state index >= 15 is 0 Å². The van der Waals surface area contributed by atoms with E-state index < -0.39 is 16.1 Å². The van der Waals surface area contributed by atoms with E-state index in [-0.39, 0.29) is 22.7 Å². The van der Waals surface area contributed by atoms with Gasteiger partial charge in [0.25, 0.3) is 10.0 Å². The van der Waals surface area contributed by atoms with Crippen molar-refractivity contribution in [3.63, 3.8) is 0 Å². The Balaban J connectivity index is 1.26. The van der Waals surface area contributed by atoms with E-state index in [1.54, 1.807) is 53.4 Å². The lowest BCUT2D eigenvalue weighted by atomic mass is 10.1. The zero-order valence-corrected chi connectivity index (χ0v) is 21.5. The number of para-hydroxylation sites is 1. The molecule has 0 spiro atoms. The molecule has 2 atom stereocenters. The molecule has 4 aromatic rings. The van der Waals surface area contributed by atoms with E-state index in [1.165, 1.54) is 23.6 Å². The summed E-state index contributed by atoms with van der Waals surface area (Å²) < 4.78 is 43.8. The van der Waals surface area contributed by atoms with Crippen molar-refractivity contribution < 1.29 is 17.6 Å². The quantitative estimate of drug-likeness (QED) is 0.403. The molecule has 1 aliphatic heterocycles. The van der Waals surface area contributed by atoms with Gasteiger partial charge in [-0.15, -0.1) is 11.3 Å². The van der Waals surface area contributed by atoms with Gasteiger partial charge >= 0.3 is 0 Å². The number of aromatic nitrogens is 2. The van der Waals surface area contributed by atoms with Crippen LogP contribution in [0.5, 0.6) is 0 Å². The van der Waals surface area contributed by atoms with Gasteiger partial charge in [-0.2, -0.15) is 0 Å². The number of nitrogens with zero attached hydrogens (tertiary/aromatic N) is 4. The number of benzene rings is 2. The molecule has 188 valence electrons. The standard InChI is InChI=1S/C25H26FN5O3S2/c1-17-16-29(20-6-8-21(9-7-20)36(33,34)28-25-27-11-15-35-25)13-14-30(17)24(32)18(2)31-12-10-19-4-3-5-22(26)23(19)31/h3-12,15,17-18H,13-14,16H2,1-2H3,(H,27,28)/t17-,18+/m1/s1. The topological polar surface area (TPSA) is 87.5 Å². The second-order valence-electron chi connectivity index (χ2n) is 8.84. The third kappa shape index (κ3) is 4.56. The van der Waals surface area contributed by atoms with Crippen LogP contribution in [0.2, 0.25) is 0 Å². The van der Waals surface area contributed by atoms with Gasteiger partial charge < -0.3 is 14.4 Å². The average Bonchev–Trinajstić information content (AvgIpc) is 3.53. The van der Waals surface area contributed by atoms with Gasteiger partial charge in [0.05, 0.1) is 10.4 Å². The van der Waals surface area contributed by atoms with Gasteiger partial charge in [0, 0.05) is 54.5 Å². The lowest BCUT2D eigenvalue weighted by molar-refractivity contribution is -0.136. The second kappa shape index (κ2) is 9.55. The number of piperazine rings is 1. The van der Waals surface area contributed by atoms with Crippen LogP contribution in [0.15, 0.2) is 71.2 Å². The molecule has 0 unspecified atom stereocenters. The Morgan fingerprint density at radius 3 is 2.64 bits per heavy atom. The van der Waals surface area contributed by atoms with Crippen molar-refractivity contribution in [2.45, 2.75) is 30.8 Å². The Bertz CT molecular complexity index is 1490. The Labute approximate surface area is 213 Å². The Kier molecular flexibility index (Phi) is 6.44. The van der Waals surface area contributed by atoms with Crippen LogP contribution in [-0.2, 0) is 14.8 Å². The normalized spacial score (nSPS) is 17.4. The predicted molar refractivity (Wildman–Crippen MR) is 139 cm³/mol. The van der Waals surface area contributed by atoms with Crippen LogP contribution in [0, 0.1) is 5.82 Å². The zero-order valence-electron chi connectivity index (χ0n) is 19.8. The van der Waals surface area contributed by atoms with Crippen LogP contribution in [0.4, 0.5) is 15.2 Å². The van der Waals surface area contributed by atoms with Crippen LogP contribution < -0.4 is 9.62 Å². The zero-order chi connectivity index (χ0) is 25.4. The molecule has 0 bridgehead atoms. The first-order valence-electron chi connectivity index (χ1n) is 11.6. The summed E-state index contributed by atoms with van der Waals surface area (Å²) in [7, 11) is -3.71. The van der Waals surface area contributed by atoms with Gasteiger partial charge in [-0.05, 0) is 50.2 Å². The molecule has 2 aromatic heterocycles. The largest absolute Gasteiger partial charge is 0.368 e. The highest BCUT2D eigenvalue weighted by atomic mass is 32.2. The molecule has 3 heterocycles. The summed E-state index contributed by atoms with van der Waals surface area (Å²) in [4.78, 5) is 21.5. The molecule has 1 fully saturated rings. The van der Waals surface area contributed by atoms with Gasteiger partial charge in [0.2, 0.25) is 5.91 Å². The Morgan fingerprint density at radius 1 is 1.17 bits per heavy atom. The number of fused-ring (bicyclic) bond motifs is 1. The summed E-state index contributed by atoms with van der Waals surface area (Å²) in [6.07, 6.45) is 3.30. The highest BCUT2D eigenvalue weighted by Crippen LogP contribution is 2.27. The van der Waals surface area contributed by atoms with Crippen molar-refractivity contribution in [1.29, 1.82) is 0 Å². The molecular formula is C25H26FN5O3S2. The number of carbonyl (C=O) groups excluding carboxylic acids is 1. The minimum atomic E-state index is -3.71. The molecule has 1 amide bonds. The maximum Gasteiger partial charge on any atom is 0.263 e. The fourth-order valence-electron chi connectivity index (χ4n) is 4.66. The number of hydrogen-bond acceptors (Lipinski definition) is 6. The van der Waals surface area contributed by atoms with Crippen LogP contribution >= 0.6 is 11.3 Å². The van der Waals surface area contributed by atoms with Crippen molar-refractivity contribution in [3.8, 4) is 0 Å². The first-order valence-corrected chi connectivity index (χ1v) is 13.9. The lowest BCUT2D eigenvalue weighted by Crippen LogP contribution is -2.55. The minimum Gasteiger partial charge on any atom is -0.368 e. The van der Waals surface area contributed by atoms with Crippen LogP contribution in [0.25, 0.3) is 10.9 Å². The molecule has 0 saturated carbocycles. The number of thiazole rings is 1. The van der Waals surface area contributed by atoms with Gasteiger partial charge in [-0.25, -0.2) is 17.8 Å². The average molecular weight is 528 g/mol. The molecule has 8 nitrogen and oxygen atoms in total. The summed E-state index contributed by atoms with van der Waals surface area (Å²) in [5.41, 5.74) is 1.32. The van der Waals surface area contributed by atoms with E-state index in [0.717, 1.165) is 11.1 Å². The minimum absolute atomic E-state index is 0.0578. The monoisotopic (exact) mass is 527 g/mol. The van der Waals surface area contributed by atoms with Crippen LogP contribution in [-0.4, -0.2) is 54.5 Å². The maximum atomic E-state index is 14.5. The number of hydrogen-bond donors (Lipinski definition) is 1. The number of amides is 1. The molecule has 0 aliphatic carbocycles. The van der Waals surface area contributed by atoms with E-state index in [0.29, 0.717) is 30.3 Å². The molecule has 1 aliphatic rings. The van der Waals surface area contributed by atoms with Crippen molar-refractivity contribution >= 4 is 49.0 Å². The summed E-state index contributed by atoms with van der Waals surface area (Å²) in [6.45, 7) is 5.50. The van der Waals surface area contributed by atoms with Gasteiger partial charge in [0.15, 0.2) is 5.13 Å². The molecule has 1 N–H and O–H groups in total. The summed E-state index contributed by atoms with van der Waals surface area (Å²) in [5.74, 6) is -0.403. The molecule has 5 rings (SSSR count). The SMILES string of the molecule is C[C@@H]1CN(c2ccc(S(=O)(=O)Nc3nccs3)cc2)CCN1C(=O)[C@H](C)n1ccc2cccc(F)c21. The van der Waals surface area contributed by atoms with E-state index in [1.807, 2.05) is 24.0 Å². The number of carbonyl (C=O) groups is 1. The summed E-state index contributed by atoms with van der Waals surface area (Å²) >= 11 is 1.21. The maximum absolute atomic E-state index is 14.5. The lowest BCUT2D eigenvalue weighted by Gasteiger charge is -2.42. The second-order valence-corrected chi connectivity index (χ2v) is 11.4. The highest BCUT2D eigenvalue weighted by Gasteiger charge is 2.31. The van der Waals surface area contributed by atoms with Crippen molar-refractivity contribution in [3.05, 3.63) is 72.1 Å². The van der Waals surface area contributed by atoms with Gasteiger partial charge in [0.1, 0.15) is 11.9 Å². The third-order valence-electron chi connectivity index (χ3n) is 6.54. The van der Waals surface area contributed by atoms with Crippen LogP contribution in [0.1, 0.15) is 19.9 Å². The van der Waals surface area contributed by atoms with Gasteiger partial charge in [-0.3, -0.25) is 9.52 Å². The summed E-state index contributed by atoms with van der Waals surface area (Å²) in [5, 5.41) is 2.78. The van der Waals surface area contributed by atoms with E-state index in [2.05, 4.69) is 14.6 Å². The predicted octanol–water partition coefficient (Wildman–Crippen LogP) is 4.34. The number of nitrogens with one attached hydrogen (secondary N) is 1. The molecular weight excluding hydrogens is 501 g/mol. The number of halogens is 1. The fraction of sp³-hybridized carbons (Fsp3) is 0.280. The smallest absolute Gasteiger partial charge is 0.263 e. The van der Waals surface area contributed by atoms with Crippen molar-refractivity contribution in [2.24, 2.45) is 0 Å². The van der Waals surface area contributed by atoms with Crippen molar-refractivity contribution in [2.75, 3.05) is 29.3 Å². The number of sulfonamides is 1. The molecule has 0 radical (unpaired) electrons. The Hall–Kier alpha value is -3.44. The summed E-state index contributed by atoms with van der Waals surface area (Å²) in [6, 6.07) is 12.8. The van der Waals surface area contributed by atoms with E-state index in [9.17, 15) is 17.6 Å².